The molecule has 16 heavy (non-hydrogen) atoms. The Labute approximate surface area is 96.9 Å². The van der Waals surface area contributed by atoms with E-state index in [1.165, 1.54) is 0 Å². The van der Waals surface area contributed by atoms with E-state index in [1.807, 2.05) is 13.8 Å². The van der Waals surface area contributed by atoms with Gasteiger partial charge in [0.2, 0.25) is 11.8 Å². The Hall–Kier alpha value is -1.10. The smallest absolute Gasteiger partial charge is 0.221 e. The molecular formula is C11H23N3O2. The topological polar surface area (TPSA) is 98.2 Å². The lowest BCUT2D eigenvalue weighted by Crippen LogP contribution is -2.47. The van der Waals surface area contributed by atoms with Gasteiger partial charge in [0, 0.05) is 24.4 Å². The lowest BCUT2D eigenvalue weighted by atomic mass is 9.98. The fourth-order valence-corrected chi connectivity index (χ4v) is 1.36. The summed E-state index contributed by atoms with van der Waals surface area (Å²) in [5.74, 6) is -0.323. The van der Waals surface area contributed by atoms with Crippen molar-refractivity contribution in [1.29, 1.82) is 0 Å². The van der Waals surface area contributed by atoms with E-state index in [1.54, 1.807) is 13.8 Å². The third-order valence-corrected chi connectivity index (χ3v) is 2.37. The van der Waals surface area contributed by atoms with Gasteiger partial charge in [-0.3, -0.25) is 9.59 Å². The molecule has 2 amide bonds. The molecule has 0 aromatic carbocycles. The first kappa shape index (κ1) is 14.9. The van der Waals surface area contributed by atoms with Gasteiger partial charge < -0.3 is 16.8 Å². The van der Waals surface area contributed by atoms with Crippen LogP contribution in [0.2, 0.25) is 0 Å². The van der Waals surface area contributed by atoms with Crippen molar-refractivity contribution in [2.24, 2.45) is 17.4 Å². The molecule has 0 bridgehead atoms. The third-order valence-electron chi connectivity index (χ3n) is 2.37. The van der Waals surface area contributed by atoms with Crippen molar-refractivity contribution < 1.29 is 9.59 Å². The Morgan fingerprint density at radius 2 is 1.81 bits per heavy atom. The van der Waals surface area contributed by atoms with Crippen LogP contribution in [0.25, 0.3) is 0 Å². The molecule has 0 heterocycles. The maximum atomic E-state index is 11.6. The predicted octanol–water partition coefficient (Wildman–Crippen LogP) is 0.130. The van der Waals surface area contributed by atoms with Gasteiger partial charge in [0.1, 0.15) is 0 Å². The van der Waals surface area contributed by atoms with Crippen molar-refractivity contribution in [2.45, 2.75) is 52.1 Å². The highest BCUT2D eigenvalue weighted by molar-refractivity contribution is 5.80. The Bertz CT molecular complexity index is 262. The molecule has 0 aliphatic carbocycles. The molecular weight excluding hydrogens is 206 g/mol. The van der Waals surface area contributed by atoms with Gasteiger partial charge in [0.05, 0.1) is 0 Å². The van der Waals surface area contributed by atoms with Crippen LogP contribution in [0.5, 0.6) is 0 Å². The summed E-state index contributed by atoms with van der Waals surface area (Å²) in [6, 6.07) is -0.163. The first-order valence-electron chi connectivity index (χ1n) is 5.49. The van der Waals surface area contributed by atoms with Crippen LogP contribution in [0.3, 0.4) is 0 Å². The summed E-state index contributed by atoms with van der Waals surface area (Å²) in [7, 11) is 0. The Kier molecular flexibility index (Phi) is 5.44. The first-order chi connectivity index (χ1) is 7.14. The minimum Gasteiger partial charge on any atom is -0.370 e. The van der Waals surface area contributed by atoms with Crippen LogP contribution in [0.4, 0.5) is 0 Å². The summed E-state index contributed by atoms with van der Waals surface area (Å²) in [6.45, 7) is 7.45. The van der Waals surface area contributed by atoms with E-state index < -0.39 is 11.4 Å². The number of hydrogen-bond acceptors (Lipinski definition) is 3. The van der Waals surface area contributed by atoms with Gasteiger partial charge in [-0.15, -0.1) is 0 Å². The first-order valence-corrected chi connectivity index (χ1v) is 5.49. The molecule has 0 aromatic rings. The van der Waals surface area contributed by atoms with Gasteiger partial charge in [-0.25, -0.2) is 0 Å². The van der Waals surface area contributed by atoms with E-state index in [0.29, 0.717) is 0 Å². The highest BCUT2D eigenvalue weighted by Gasteiger charge is 2.24. The quantitative estimate of drug-likeness (QED) is 0.603. The number of carbonyl (C=O) groups excluding carboxylic acids is 2. The minimum atomic E-state index is -0.611. The largest absolute Gasteiger partial charge is 0.370 e. The second-order valence-electron chi connectivity index (χ2n) is 5.19. The van der Waals surface area contributed by atoms with E-state index in [2.05, 4.69) is 5.32 Å². The van der Waals surface area contributed by atoms with Gasteiger partial charge in [-0.1, -0.05) is 13.8 Å². The van der Waals surface area contributed by atoms with Gasteiger partial charge in [-0.05, 0) is 19.8 Å². The van der Waals surface area contributed by atoms with Gasteiger partial charge >= 0.3 is 0 Å². The second-order valence-corrected chi connectivity index (χ2v) is 5.19. The summed E-state index contributed by atoms with van der Waals surface area (Å²) in [6.07, 6.45) is 0.384. The molecule has 0 saturated heterocycles. The third kappa shape index (κ3) is 6.40. The SMILES string of the molecule is CC(C)C(N)CC(=O)NC(C)(C)CC(N)=O. The molecule has 1 atom stereocenters. The molecule has 94 valence electrons. The summed E-state index contributed by atoms with van der Waals surface area (Å²) in [5.41, 5.74) is 10.3. The fourth-order valence-electron chi connectivity index (χ4n) is 1.36. The summed E-state index contributed by atoms with van der Waals surface area (Å²) >= 11 is 0. The van der Waals surface area contributed by atoms with Crippen molar-refractivity contribution in [2.75, 3.05) is 0 Å². The summed E-state index contributed by atoms with van der Waals surface area (Å²) < 4.78 is 0. The summed E-state index contributed by atoms with van der Waals surface area (Å²) in [4.78, 5) is 22.4. The zero-order valence-corrected chi connectivity index (χ0v) is 10.5. The number of amides is 2. The van der Waals surface area contributed by atoms with Crippen LogP contribution in [-0.2, 0) is 9.59 Å². The number of nitrogens with one attached hydrogen (secondary N) is 1. The molecule has 0 fully saturated rings. The molecule has 0 aliphatic heterocycles. The number of nitrogens with two attached hydrogens (primary N) is 2. The molecule has 0 spiro atoms. The van der Waals surface area contributed by atoms with Crippen LogP contribution in [-0.4, -0.2) is 23.4 Å². The molecule has 1 unspecified atom stereocenters. The Morgan fingerprint density at radius 1 is 1.31 bits per heavy atom. The molecule has 0 saturated carbocycles. The second kappa shape index (κ2) is 5.84. The molecule has 5 nitrogen and oxygen atoms in total. The molecule has 5 N–H and O–H groups in total. The van der Waals surface area contributed by atoms with Crippen LogP contribution in [0.15, 0.2) is 0 Å². The van der Waals surface area contributed by atoms with Crippen molar-refractivity contribution in [3.63, 3.8) is 0 Å². The number of rotatable bonds is 6. The standard InChI is InChI=1S/C11H23N3O2/c1-7(2)8(12)5-10(16)14-11(3,4)6-9(13)15/h7-8H,5-6,12H2,1-4H3,(H2,13,15)(H,14,16). The van der Waals surface area contributed by atoms with Crippen LogP contribution < -0.4 is 16.8 Å². The van der Waals surface area contributed by atoms with Gasteiger partial charge in [-0.2, -0.15) is 0 Å². The highest BCUT2D eigenvalue weighted by Crippen LogP contribution is 2.09. The van der Waals surface area contributed by atoms with Crippen molar-refractivity contribution in [3.05, 3.63) is 0 Å². The number of hydrogen-bond donors (Lipinski definition) is 3. The zero-order valence-electron chi connectivity index (χ0n) is 10.5. The van der Waals surface area contributed by atoms with Gasteiger partial charge in [0.15, 0.2) is 0 Å². The summed E-state index contributed by atoms with van der Waals surface area (Å²) in [5, 5.41) is 2.75. The van der Waals surface area contributed by atoms with Crippen molar-refractivity contribution >= 4 is 11.8 Å². The van der Waals surface area contributed by atoms with E-state index in [0.717, 1.165) is 0 Å². The average molecular weight is 229 g/mol. The van der Waals surface area contributed by atoms with E-state index in [4.69, 9.17) is 11.5 Å². The van der Waals surface area contributed by atoms with Crippen molar-refractivity contribution in [3.8, 4) is 0 Å². The maximum absolute atomic E-state index is 11.6. The number of primary amides is 1. The average Bonchev–Trinajstić information content (AvgIpc) is 1.98. The molecule has 0 radical (unpaired) electrons. The van der Waals surface area contributed by atoms with Crippen LogP contribution in [0, 0.1) is 5.92 Å². The molecule has 0 rings (SSSR count). The lowest BCUT2D eigenvalue weighted by molar-refractivity contribution is -0.124. The molecule has 5 heteroatoms. The fraction of sp³-hybridized carbons (Fsp3) is 0.818. The Morgan fingerprint density at radius 3 is 2.19 bits per heavy atom. The molecule has 0 aliphatic rings. The minimum absolute atomic E-state index is 0.121. The van der Waals surface area contributed by atoms with E-state index in [-0.39, 0.29) is 30.7 Å². The maximum Gasteiger partial charge on any atom is 0.221 e. The van der Waals surface area contributed by atoms with Crippen molar-refractivity contribution in [1.82, 2.24) is 5.32 Å². The number of carbonyl (C=O) groups is 2. The highest BCUT2D eigenvalue weighted by atomic mass is 16.2. The monoisotopic (exact) mass is 229 g/mol. The normalized spacial score (nSPS) is 13.6. The van der Waals surface area contributed by atoms with Crippen LogP contribution in [0.1, 0.15) is 40.5 Å². The molecule has 0 aromatic heterocycles. The van der Waals surface area contributed by atoms with E-state index >= 15 is 0 Å². The van der Waals surface area contributed by atoms with Crippen LogP contribution >= 0.6 is 0 Å². The Balaban J connectivity index is 4.18. The predicted molar refractivity (Wildman–Crippen MR) is 63.5 cm³/mol. The van der Waals surface area contributed by atoms with E-state index in [9.17, 15) is 9.59 Å². The lowest BCUT2D eigenvalue weighted by Gasteiger charge is -2.26. The van der Waals surface area contributed by atoms with Gasteiger partial charge in [0.25, 0.3) is 0 Å². The zero-order chi connectivity index (χ0) is 12.9.